The Balaban J connectivity index is 1.77. The van der Waals surface area contributed by atoms with E-state index in [-0.39, 0.29) is 18.4 Å². The van der Waals surface area contributed by atoms with Gasteiger partial charge in [-0.1, -0.05) is 22.9 Å². The summed E-state index contributed by atoms with van der Waals surface area (Å²) in [6.07, 6.45) is 3.19. The van der Waals surface area contributed by atoms with Gasteiger partial charge in [-0.25, -0.2) is 4.68 Å². The molecular formula is C16H16BrN3O3. The summed E-state index contributed by atoms with van der Waals surface area (Å²) in [6.45, 7) is 2.56. The first-order valence-electron chi connectivity index (χ1n) is 7.28. The van der Waals surface area contributed by atoms with Crippen molar-refractivity contribution < 1.29 is 14.7 Å². The zero-order chi connectivity index (χ0) is 16.6. The molecule has 1 aliphatic heterocycles. The van der Waals surface area contributed by atoms with Crippen molar-refractivity contribution in [2.45, 2.75) is 6.92 Å². The van der Waals surface area contributed by atoms with Crippen LogP contribution in [0.3, 0.4) is 0 Å². The molecule has 1 fully saturated rings. The zero-order valence-corrected chi connectivity index (χ0v) is 14.1. The number of aromatic nitrogens is 2. The van der Waals surface area contributed by atoms with E-state index in [1.165, 1.54) is 6.20 Å². The highest BCUT2D eigenvalue weighted by molar-refractivity contribution is 9.10. The fourth-order valence-corrected chi connectivity index (χ4v) is 3.07. The van der Waals surface area contributed by atoms with Gasteiger partial charge < -0.3 is 10.0 Å². The summed E-state index contributed by atoms with van der Waals surface area (Å²) in [4.78, 5) is 25.3. The molecular weight excluding hydrogens is 362 g/mol. The average molecular weight is 378 g/mol. The van der Waals surface area contributed by atoms with Crippen LogP contribution in [0.5, 0.6) is 0 Å². The van der Waals surface area contributed by atoms with Crippen molar-refractivity contribution in [3.63, 3.8) is 0 Å². The van der Waals surface area contributed by atoms with Gasteiger partial charge in [-0.3, -0.25) is 9.59 Å². The van der Waals surface area contributed by atoms with Crippen molar-refractivity contribution in [2.24, 2.45) is 11.8 Å². The van der Waals surface area contributed by atoms with E-state index in [4.69, 9.17) is 0 Å². The summed E-state index contributed by atoms with van der Waals surface area (Å²) in [5.41, 5.74) is 1.32. The van der Waals surface area contributed by atoms with Gasteiger partial charge in [-0.15, -0.1) is 0 Å². The highest BCUT2D eigenvalue weighted by Gasteiger charge is 2.37. The Morgan fingerprint density at radius 2 is 1.96 bits per heavy atom. The number of aliphatic carboxylic acids is 1. The number of hydrogen-bond donors (Lipinski definition) is 1. The van der Waals surface area contributed by atoms with E-state index in [2.05, 4.69) is 21.0 Å². The van der Waals surface area contributed by atoms with Crippen LogP contribution in [0.2, 0.25) is 0 Å². The molecule has 7 heteroatoms. The van der Waals surface area contributed by atoms with E-state index >= 15 is 0 Å². The molecule has 23 heavy (non-hydrogen) atoms. The van der Waals surface area contributed by atoms with Crippen molar-refractivity contribution in [2.75, 3.05) is 13.1 Å². The standard InChI is InChI=1S/C16H16BrN3O3/c1-10-7-19(9-14(10)16(22)23)15(21)11-6-18-20(8-11)13-4-2-12(17)3-5-13/h2-6,8,10,14H,7,9H2,1H3,(H,22,23)/t10-,14-/m1/s1. The summed E-state index contributed by atoms with van der Waals surface area (Å²) >= 11 is 3.38. The summed E-state index contributed by atoms with van der Waals surface area (Å²) in [5.74, 6) is -1.57. The van der Waals surface area contributed by atoms with Crippen LogP contribution < -0.4 is 0 Å². The first kappa shape index (κ1) is 15.7. The molecule has 2 heterocycles. The molecule has 0 aliphatic carbocycles. The van der Waals surface area contributed by atoms with E-state index in [1.54, 1.807) is 15.8 Å². The van der Waals surface area contributed by atoms with Crippen LogP contribution >= 0.6 is 15.9 Å². The van der Waals surface area contributed by atoms with Gasteiger partial charge in [-0.2, -0.15) is 5.10 Å². The molecule has 1 amide bonds. The predicted molar refractivity (Wildman–Crippen MR) is 87.5 cm³/mol. The summed E-state index contributed by atoms with van der Waals surface area (Å²) in [6, 6.07) is 7.59. The van der Waals surface area contributed by atoms with Crippen LogP contribution in [0.1, 0.15) is 17.3 Å². The fourth-order valence-electron chi connectivity index (χ4n) is 2.80. The fraction of sp³-hybridized carbons (Fsp3) is 0.312. The number of amides is 1. The number of benzene rings is 1. The van der Waals surface area contributed by atoms with Gasteiger partial charge in [0.2, 0.25) is 0 Å². The highest BCUT2D eigenvalue weighted by atomic mass is 79.9. The molecule has 1 N–H and O–H groups in total. The molecule has 2 aromatic rings. The Hall–Kier alpha value is -2.15. The van der Waals surface area contributed by atoms with Crippen molar-refractivity contribution in [1.82, 2.24) is 14.7 Å². The SMILES string of the molecule is C[C@@H]1CN(C(=O)c2cnn(-c3ccc(Br)cc3)c2)C[C@H]1C(=O)O. The van der Waals surface area contributed by atoms with E-state index < -0.39 is 11.9 Å². The minimum atomic E-state index is -0.849. The number of carboxylic acids is 1. The number of rotatable bonds is 3. The van der Waals surface area contributed by atoms with Crippen LogP contribution in [0, 0.1) is 11.8 Å². The lowest BCUT2D eigenvalue weighted by Gasteiger charge is -2.14. The Kier molecular flexibility index (Phi) is 4.21. The lowest BCUT2D eigenvalue weighted by molar-refractivity contribution is -0.142. The first-order valence-corrected chi connectivity index (χ1v) is 8.07. The maximum absolute atomic E-state index is 12.5. The summed E-state index contributed by atoms with van der Waals surface area (Å²) in [5, 5.41) is 13.4. The van der Waals surface area contributed by atoms with Gasteiger partial charge in [0, 0.05) is 23.8 Å². The average Bonchev–Trinajstić information content (AvgIpc) is 3.14. The molecule has 0 saturated carbocycles. The third-order valence-electron chi connectivity index (χ3n) is 4.14. The number of carbonyl (C=O) groups excluding carboxylic acids is 1. The Morgan fingerprint density at radius 3 is 2.57 bits per heavy atom. The van der Waals surface area contributed by atoms with Crippen molar-refractivity contribution >= 4 is 27.8 Å². The van der Waals surface area contributed by atoms with Gasteiger partial charge >= 0.3 is 5.97 Å². The molecule has 3 rings (SSSR count). The van der Waals surface area contributed by atoms with Crippen LogP contribution in [0.25, 0.3) is 5.69 Å². The van der Waals surface area contributed by atoms with Gasteiger partial charge in [0.05, 0.1) is 23.4 Å². The summed E-state index contributed by atoms with van der Waals surface area (Å²) < 4.78 is 2.60. The first-order chi connectivity index (χ1) is 11.0. The molecule has 1 aliphatic rings. The largest absolute Gasteiger partial charge is 0.481 e. The third-order valence-corrected chi connectivity index (χ3v) is 4.67. The minimum Gasteiger partial charge on any atom is -0.481 e. The molecule has 0 bridgehead atoms. The quantitative estimate of drug-likeness (QED) is 0.890. The number of nitrogens with zero attached hydrogens (tertiary/aromatic N) is 3. The lowest BCUT2D eigenvalue weighted by atomic mass is 9.99. The van der Waals surface area contributed by atoms with Crippen molar-refractivity contribution in [1.29, 1.82) is 0 Å². The van der Waals surface area contributed by atoms with E-state index in [1.807, 2.05) is 31.2 Å². The zero-order valence-electron chi connectivity index (χ0n) is 12.5. The third kappa shape index (κ3) is 3.14. The van der Waals surface area contributed by atoms with Gasteiger partial charge in [0.25, 0.3) is 5.91 Å². The second-order valence-corrected chi connectivity index (χ2v) is 6.70. The van der Waals surface area contributed by atoms with Crippen LogP contribution in [-0.4, -0.2) is 44.8 Å². The Morgan fingerprint density at radius 1 is 1.26 bits per heavy atom. The Labute approximate surface area is 141 Å². The van der Waals surface area contributed by atoms with Crippen LogP contribution in [-0.2, 0) is 4.79 Å². The molecule has 0 spiro atoms. The van der Waals surface area contributed by atoms with E-state index in [0.29, 0.717) is 12.1 Å². The molecule has 1 aromatic heterocycles. The molecule has 2 atom stereocenters. The topological polar surface area (TPSA) is 75.4 Å². The van der Waals surface area contributed by atoms with Gasteiger partial charge in [0.15, 0.2) is 0 Å². The van der Waals surface area contributed by atoms with Crippen molar-refractivity contribution in [3.8, 4) is 5.69 Å². The number of carbonyl (C=O) groups is 2. The maximum atomic E-state index is 12.5. The van der Waals surface area contributed by atoms with Crippen molar-refractivity contribution in [3.05, 3.63) is 46.7 Å². The minimum absolute atomic E-state index is 0.0435. The maximum Gasteiger partial charge on any atom is 0.308 e. The Bertz CT molecular complexity index is 741. The van der Waals surface area contributed by atoms with Gasteiger partial charge in [0.1, 0.15) is 0 Å². The second-order valence-electron chi connectivity index (χ2n) is 5.78. The molecule has 1 saturated heterocycles. The molecule has 1 aromatic carbocycles. The van der Waals surface area contributed by atoms with E-state index in [0.717, 1.165) is 10.2 Å². The molecule has 0 unspecified atom stereocenters. The molecule has 120 valence electrons. The monoisotopic (exact) mass is 377 g/mol. The van der Waals surface area contributed by atoms with E-state index in [9.17, 15) is 14.7 Å². The highest BCUT2D eigenvalue weighted by Crippen LogP contribution is 2.25. The van der Waals surface area contributed by atoms with Crippen LogP contribution in [0.15, 0.2) is 41.1 Å². The number of halogens is 1. The molecule has 0 radical (unpaired) electrons. The molecule has 6 nitrogen and oxygen atoms in total. The number of hydrogen-bond acceptors (Lipinski definition) is 3. The second kappa shape index (κ2) is 6.16. The predicted octanol–water partition coefficient (Wildman–Crippen LogP) is 2.43. The number of likely N-dealkylation sites (tertiary alicyclic amines) is 1. The van der Waals surface area contributed by atoms with Crippen LogP contribution in [0.4, 0.5) is 0 Å². The summed E-state index contributed by atoms with van der Waals surface area (Å²) in [7, 11) is 0. The normalized spacial score (nSPS) is 20.7. The lowest BCUT2D eigenvalue weighted by Crippen LogP contribution is -2.29. The smallest absolute Gasteiger partial charge is 0.308 e. The number of carboxylic acid groups (broad SMARTS) is 1. The van der Waals surface area contributed by atoms with Gasteiger partial charge in [-0.05, 0) is 30.2 Å².